The van der Waals surface area contributed by atoms with E-state index in [1.807, 2.05) is 44.2 Å². The summed E-state index contributed by atoms with van der Waals surface area (Å²) in [6.45, 7) is 6.62. The van der Waals surface area contributed by atoms with Gasteiger partial charge in [-0.1, -0.05) is 44.2 Å². The highest BCUT2D eigenvalue weighted by Crippen LogP contribution is 2.23. The van der Waals surface area contributed by atoms with Crippen molar-refractivity contribution < 1.29 is 8.42 Å². The maximum Gasteiger partial charge on any atom is 0.154 e. The summed E-state index contributed by atoms with van der Waals surface area (Å²) in [6, 6.07) is 9.71. The average molecular weight is 283 g/mol. The topological polar surface area (TPSA) is 46.2 Å². The Morgan fingerprint density at radius 2 is 1.74 bits per heavy atom. The molecular weight excluding hydrogens is 258 g/mol. The maximum atomic E-state index is 12.3. The molecule has 0 aliphatic rings. The van der Waals surface area contributed by atoms with Crippen molar-refractivity contribution in [2.75, 3.05) is 12.3 Å². The van der Waals surface area contributed by atoms with Crippen LogP contribution in [0.3, 0.4) is 0 Å². The van der Waals surface area contributed by atoms with Gasteiger partial charge in [0, 0.05) is 6.04 Å². The molecule has 0 saturated heterocycles. The lowest BCUT2D eigenvalue weighted by Gasteiger charge is -2.25. The lowest BCUT2D eigenvalue weighted by Crippen LogP contribution is -2.37. The molecule has 19 heavy (non-hydrogen) atoms. The summed E-state index contributed by atoms with van der Waals surface area (Å²) in [4.78, 5) is 0. The van der Waals surface area contributed by atoms with Crippen molar-refractivity contribution in [3.63, 3.8) is 0 Å². The molecule has 1 aromatic rings. The summed E-state index contributed by atoms with van der Waals surface area (Å²) in [5.74, 6) is 0.255. The van der Waals surface area contributed by atoms with Gasteiger partial charge in [0.2, 0.25) is 0 Å². The summed E-state index contributed by atoms with van der Waals surface area (Å²) >= 11 is 0. The molecule has 1 N–H and O–H groups in total. The molecule has 0 amide bonds. The quantitative estimate of drug-likeness (QED) is 0.798. The number of sulfone groups is 1. The lowest BCUT2D eigenvalue weighted by atomic mass is 10.0. The number of nitrogens with one attached hydrogen (secondary N) is 1. The van der Waals surface area contributed by atoms with E-state index in [9.17, 15) is 8.42 Å². The fraction of sp³-hybridized carbons (Fsp3) is 0.600. The predicted octanol–water partition coefficient (Wildman–Crippen LogP) is 2.94. The Morgan fingerprint density at radius 1 is 1.11 bits per heavy atom. The van der Waals surface area contributed by atoms with Gasteiger partial charge in [0.1, 0.15) is 0 Å². The van der Waals surface area contributed by atoms with Crippen molar-refractivity contribution in [1.82, 2.24) is 5.32 Å². The highest BCUT2D eigenvalue weighted by atomic mass is 32.2. The summed E-state index contributed by atoms with van der Waals surface area (Å²) in [5, 5.41) is 2.97. The first-order chi connectivity index (χ1) is 9.03. The highest BCUT2D eigenvalue weighted by Gasteiger charge is 2.29. The first kappa shape index (κ1) is 16.2. The maximum absolute atomic E-state index is 12.3. The SMILES string of the molecule is CCCNC(c1ccccc1)C(C)S(=O)(=O)CCC. The van der Waals surface area contributed by atoms with Gasteiger partial charge in [0.25, 0.3) is 0 Å². The largest absolute Gasteiger partial charge is 0.309 e. The fourth-order valence-electron chi connectivity index (χ4n) is 2.19. The molecule has 0 radical (unpaired) electrons. The molecule has 0 aliphatic carbocycles. The lowest BCUT2D eigenvalue weighted by molar-refractivity contribution is 0.497. The smallest absolute Gasteiger partial charge is 0.154 e. The normalized spacial score (nSPS) is 15.1. The van der Waals surface area contributed by atoms with Crippen molar-refractivity contribution >= 4 is 9.84 Å². The van der Waals surface area contributed by atoms with E-state index < -0.39 is 15.1 Å². The Kier molecular flexibility index (Phi) is 6.52. The third-order valence-corrected chi connectivity index (χ3v) is 5.68. The van der Waals surface area contributed by atoms with Crippen LogP contribution in [0.5, 0.6) is 0 Å². The fourth-order valence-corrected chi connectivity index (χ4v) is 3.80. The van der Waals surface area contributed by atoms with Gasteiger partial charge in [-0.3, -0.25) is 0 Å². The Balaban J connectivity index is 2.97. The molecule has 1 aromatic carbocycles. The van der Waals surface area contributed by atoms with Crippen LogP contribution in [0.25, 0.3) is 0 Å². The van der Waals surface area contributed by atoms with Gasteiger partial charge in [0.15, 0.2) is 9.84 Å². The zero-order valence-electron chi connectivity index (χ0n) is 12.1. The van der Waals surface area contributed by atoms with Gasteiger partial charge in [-0.25, -0.2) is 8.42 Å². The van der Waals surface area contributed by atoms with Gasteiger partial charge in [-0.15, -0.1) is 0 Å². The minimum Gasteiger partial charge on any atom is -0.309 e. The second kappa shape index (κ2) is 7.65. The van der Waals surface area contributed by atoms with Crippen LogP contribution >= 0.6 is 0 Å². The van der Waals surface area contributed by atoms with Crippen molar-refractivity contribution in [2.24, 2.45) is 0 Å². The predicted molar refractivity (Wildman–Crippen MR) is 81.0 cm³/mol. The van der Waals surface area contributed by atoms with Crippen molar-refractivity contribution in [3.8, 4) is 0 Å². The van der Waals surface area contributed by atoms with Gasteiger partial charge >= 0.3 is 0 Å². The molecule has 2 unspecified atom stereocenters. The molecule has 4 heteroatoms. The standard InChI is InChI=1S/C15H25NO2S/c1-4-11-16-15(14-9-7-6-8-10-14)13(3)19(17,18)12-5-2/h6-10,13,15-16H,4-5,11-12H2,1-3H3. The first-order valence-electron chi connectivity index (χ1n) is 7.02. The molecule has 0 fully saturated rings. The highest BCUT2D eigenvalue weighted by molar-refractivity contribution is 7.92. The second-order valence-corrected chi connectivity index (χ2v) is 7.39. The molecule has 0 spiro atoms. The van der Waals surface area contributed by atoms with Crippen LogP contribution < -0.4 is 5.32 Å². The number of hydrogen-bond donors (Lipinski definition) is 1. The van der Waals surface area contributed by atoms with Crippen LogP contribution in [-0.4, -0.2) is 26.0 Å². The molecule has 0 saturated carbocycles. The van der Waals surface area contributed by atoms with E-state index in [0.717, 1.165) is 18.5 Å². The molecule has 1 rings (SSSR count). The van der Waals surface area contributed by atoms with Gasteiger partial charge in [-0.2, -0.15) is 0 Å². The third kappa shape index (κ3) is 4.62. The van der Waals surface area contributed by atoms with Crippen molar-refractivity contribution in [2.45, 2.75) is 44.9 Å². The second-order valence-electron chi connectivity index (χ2n) is 4.91. The molecule has 2 atom stereocenters. The Morgan fingerprint density at radius 3 is 2.26 bits per heavy atom. The van der Waals surface area contributed by atoms with Gasteiger partial charge < -0.3 is 5.32 Å². The summed E-state index contributed by atoms with van der Waals surface area (Å²) in [5.41, 5.74) is 1.04. The Hall–Kier alpha value is -0.870. The molecule has 0 aliphatic heterocycles. The van der Waals surface area contributed by atoms with Crippen LogP contribution in [-0.2, 0) is 9.84 Å². The van der Waals surface area contributed by atoms with E-state index in [-0.39, 0.29) is 11.8 Å². The Bertz CT molecular complexity index is 456. The van der Waals surface area contributed by atoms with Gasteiger partial charge in [-0.05, 0) is 31.9 Å². The minimum atomic E-state index is -3.05. The van der Waals surface area contributed by atoms with Crippen LogP contribution in [0, 0.1) is 0 Å². The average Bonchev–Trinajstić information content (AvgIpc) is 2.40. The number of rotatable bonds is 8. The molecule has 3 nitrogen and oxygen atoms in total. The van der Waals surface area contributed by atoms with Crippen LogP contribution in [0.2, 0.25) is 0 Å². The molecule has 0 bridgehead atoms. The van der Waals surface area contributed by atoms with E-state index in [0.29, 0.717) is 6.42 Å². The van der Waals surface area contributed by atoms with E-state index in [1.165, 1.54) is 0 Å². The van der Waals surface area contributed by atoms with E-state index in [4.69, 9.17) is 0 Å². The first-order valence-corrected chi connectivity index (χ1v) is 8.74. The summed E-state index contributed by atoms with van der Waals surface area (Å²) in [6.07, 6.45) is 1.66. The van der Waals surface area contributed by atoms with Crippen LogP contribution in [0.1, 0.15) is 45.2 Å². The van der Waals surface area contributed by atoms with Crippen LogP contribution in [0.15, 0.2) is 30.3 Å². The van der Waals surface area contributed by atoms with Crippen molar-refractivity contribution in [1.29, 1.82) is 0 Å². The van der Waals surface area contributed by atoms with E-state index in [1.54, 1.807) is 0 Å². The van der Waals surface area contributed by atoms with E-state index in [2.05, 4.69) is 12.2 Å². The summed E-state index contributed by atoms with van der Waals surface area (Å²) < 4.78 is 24.5. The third-order valence-electron chi connectivity index (χ3n) is 3.30. The number of benzene rings is 1. The molecule has 0 aromatic heterocycles. The summed E-state index contributed by atoms with van der Waals surface area (Å²) in [7, 11) is -3.05. The van der Waals surface area contributed by atoms with E-state index >= 15 is 0 Å². The molecule has 108 valence electrons. The zero-order chi connectivity index (χ0) is 14.3. The molecule has 0 heterocycles. The Labute approximate surface area is 117 Å². The number of hydrogen-bond acceptors (Lipinski definition) is 3. The minimum absolute atomic E-state index is 0.127. The zero-order valence-corrected chi connectivity index (χ0v) is 12.9. The monoisotopic (exact) mass is 283 g/mol. The van der Waals surface area contributed by atoms with Crippen molar-refractivity contribution in [3.05, 3.63) is 35.9 Å². The van der Waals surface area contributed by atoms with Crippen LogP contribution in [0.4, 0.5) is 0 Å². The molecular formula is C15H25NO2S. The van der Waals surface area contributed by atoms with Gasteiger partial charge in [0.05, 0.1) is 11.0 Å².